The second-order valence-electron chi connectivity index (χ2n) is 4.19. The van der Waals surface area contributed by atoms with Gasteiger partial charge in [-0.05, 0) is 30.7 Å². The quantitative estimate of drug-likeness (QED) is 0.752. The van der Waals surface area contributed by atoms with Crippen molar-refractivity contribution in [3.05, 3.63) is 29.8 Å². The number of ether oxygens (including phenoxy) is 1. The fraction of sp³-hybridized carbons (Fsp3) is 0.538. The number of halogens is 3. The first-order valence-electron chi connectivity index (χ1n) is 6.10. The van der Waals surface area contributed by atoms with Crippen LogP contribution in [0.5, 0.6) is 5.75 Å². The van der Waals surface area contributed by atoms with Crippen molar-refractivity contribution in [2.75, 3.05) is 13.2 Å². The first-order chi connectivity index (χ1) is 8.93. The molecule has 1 unspecified atom stereocenters. The zero-order valence-corrected chi connectivity index (χ0v) is 10.7. The molecule has 1 atom stereocenters. The number of aliphatic hydroxyl groups excluding tert-OH is 1. The maximum absolute atomic E-state index is 12.1. The lowest BCUT2D eigenvalue weighted by atomic mass is 10.2. The molecule has 0 radical (unpaired) electrons. The Labute approximate surface area is 110 Å². The van der Waals surface area contributed by atoms with Gasteiger partial charge in [0.05, 0.1) is 0 Å². The minimum atomic E-state index is -4.65. The van der Waals surface area contributed by atoms with Gasteiger partial charge in [-0.2, -0.15) is 13.2 Å². The molecule has 3 nitrogen and oxygen atoms in total. The van der Waals surface area contributed by atoms with Gasteiger partial charge < -0.3 is 15.2 Å². The summed E-state index contributed by atoms with van der Waals surface area (Å²) in [5.41, 5.74) is 0.924. The van der Waals surface area contributed by atoms with Crippen LogP contribution in [0.4, 0.5) is 13.2 Å². The van der Waals surface area contributed by atoms with Gasteiger partial charge in [0.2, 0.25) is 0 Å². The van der Waals surface area contributed by atoms with E-state index in [1.165, 1.54) is 0 Å². The number of hydrogen-bond donors (Lipinski definition) is 2. The Kier molecular flexibility index (Phi) is 6.11. The van der Waals surface area contributed by atoms with Crippen molar-refractivity contribution in [1.82, 2.24) is 5.32 Å². The number of benzene rings is 1. The summed E-state index contributed by atoms with van der Waals surface area (Å²) in [5, 5.41) is 12.0. The van der Waals surface area contributed by atoms with Crippen LogP contribution in [0.2, 0.25) is 0 Å². The summed E-state index contributed by atoms with van der Waals surface area (Å²) in [4.78, 5) is 0. The molecule has 1 aromatic carbocycles. The van der Waals surface area contributed by atoms with Gasteiger partial charge in [-0.15, -0.1) is 0 Å². The molecule has 0 aliphatic carbocycles. The SMILES string of the molecule is CCCNCc1cccc(OCC(O)C(F)(F)F)c1. The maximum atomic E-state index is 12.1. The summed E-state index contributed by atoms with van der Waals surface area (Å²) in [6.45, 7) is 2.76. The Bertz CT molecular complexity index is 382. The Balaban J connectivity index is 2.48. The highest BCUT2D eigenvalue weighted by Crippen LogP contribution is 2.21. The number of rotatable bonds is 7. The maximum Gasteiger partial charge on any atom is 0.417 e. The van der Waals surface area contributed by atoms with Gasteiger partial charge >= 0.3 is 6.18 Å². The van der Waals surface area contributed by atoms with Crippen molar-refractivity contribution in [1.29, 1.82) is 0 Å². The van der Waals surface area contributed by atoms with Crippen LogP contribution in [0.25, 0.3) is 0 Å². The van der Waals surface area contributed by atoms with Crippen LogP contribution in [-0.4, -0.2) is 30.5 Å². The lowest BCUT2D eigenvalue weighted by Crippen LogP contribution is -2.34. The van der Waals surface area contributed by atoms with Crippen LogP contribution in [0, 0.1) is 0 Å². The van der Waals surface area contributed by atoms with E-state index in [2.05, 4.69) is 5.32 Å². The van der Waals surface area contributed by atoms with Crippen molar-refractivity contribution < 1.29 is 23.0 Å². The molecule has 0 heterocycles. The largest absolute Gasteiger partial charge is 0.491 e. The van der Waals surface area contributed by atoms with Gasteiger partial charge in [-0.3, -0.25) is 0 Å². The predicted molar refractivity (Wildman–Crippen MR) is 66.0 cm³/mol. The molecule has 0 saturated carbocycles. The van der Waals surface area contributed by atoms with Crippen LogP contribution >= 0.6 is 0 Å². The molecular weight excluding hydrogens is 259 g/mol. The van der Waals surface area contributed by atoms with E-state index in [0.29, 0.717) is 12.3 Å². The molecule has 0 amide bonds. The average Bonchev–Trinajstić information content (AvgIpc) is 2.35. The van der Waals surface area contributed by atoms with Crippen molar-refractivity contribution >= 4 is 0 Å². The van der Waals surface area contributed by atoms with E-state index in [-0.39, 0.29) is 0 Å². The van der Waals surface area contributed by atoms with Crippen LogP contribution < -0.4 is 10.1 Å². The molecular formula is C13H18F3NO2. The van der Waals surface area contributed by atoms with Crippen LogP contribution in [-0.2, 0) is 6.54 Å². The third kappa shape index (κ3) is 5.94. The minimum absolute atomic E-state index is 0.319. The van der Waals surface area contributed by atoms with E-state index < -0.39 is 18.9 Å². The molecule has 2 N–H and O–H groups in total. The van der Waals surface area contributed by atoms with Crippen LogP contribution in [0.3, 0.4) is 0 Å². The van der Waals surface area contributed by atoms with Gasteiger partial charge in [-0.25, -0.2) is 0 Å². The van der Waals surface area contributed by atoms with Gasteiger partial charge in [-0.1, -0.05) is 19.1 Å². The Morgan fingerprint density at radius 2 is 2.11 bits per heavy atom. The highest BCUT2D eigenvalue weighted by Gasteiger charge is 2.38. The summed E-state index contributed by atoms with van der Waals surface area (Å²) in [7, 11) is 0. The number of aliphatic hydroxyl groups is 1. The minimum Gasteiger partial charge on any atom is -0.491 e. The average molecular weight is 277 g/mol. The monoisotopic (exact) mass is 277 g/mol. The molecule has 1 rings (SSSR count). The predicted octanol–water partition coefficient (Wildman–Crippen LogP) is 2.49. The summed E-state index contributed by atoms with van der Waals surface area (Å²) in [6, 6.07) is 6.78. The second kappa shape index (κ2) is 7.35. The summed E-state index contributed by atoms with van der Waals surface area (Å²) < 4.78 is 41.2. The van der Waals surface area contributed by atoms with Crippen LogP contribution in [0.1, 0.15) is 18.9 Å². The molecule has 0 saturated heterocycles. The van der Waals surface area contributed by atoms with E-state index in [1.54, 1.807) is 18.2 Å². The molecule has 1 aromatic rings. The molecule has 0 bridgehead atoms. The standard InChI is InChI=1S/C13H18F3NO2/c1-2-6-17-8-10-4-3-5-11(7-10)19-9-12(18)13(14,15)16/h3-5,7,12,17-18H,2,6,8-9H2,1H3. The lowest BCUT2D eigenvalue weighted by molar-refractivity contribution is -0.210. The summed E-state index contributed by atoms with van der Waals surface area (Å²) in [5.74, 6) is 0.319. The summed E-state index contributed by atoms with van der Waals surface area (Å²) in [6.07, 6.45) is -6.11. The Hall–Kier alpha value is -1.27. The zero-order valence-electron chi connectivity index (χ0n) is 10.7. The van der Waals surface area contributed by atoms with Crippen molar-refractivity contribution in [2.45, 2.75) is 32.2 Å². The van der Waals surface area contributed by atoms with Crippen molar-refractivity contribution in [3.8, 4) is 5.75 Å². The first kappa shape index (κ1) is 15.8. The lowest BCUT2D eigenvalue weighted by Gasteiger charge is -2.15. The summed E-state index contributed by atoms with van der Waals surface area (Å²) >= 11 is 0. The smallest absolute Gasteiger partial charge is 0.417 e. The molecule has 0 fully saturated rings. The van der Waals surface area contributed by atoms with E-state index in [4.69, 9.17) is 9.84 Å². The topological polar surface area (TPSA) is 41.5 Å². The van der Waals surface area contributed by atoms with Crippen LogP contribution in [0.15, 0.2) is 24.3 Å². The van der Waals surface area contributed by atoms with E-state index in [0.717, 1.165) is 18.5 Å². The fourth-order valence-corrected chi connectivity index (χ4v) is 1.42. The molecule has 0 aliphatic rings. The molecule has 6 heteroatoms. The Morgan fingerprint density at radius 3 is 2.74 bits per heavy atom. The fourth-order valence-electron chi connectivity index (χ4n) is 1.42. The van der Waals surface area contributed by atoms with Gasteiger partial charge in [0.1, 0.15) is 12.4 Å². The second-order valence-corrected chi connectivity index (χ2v) is 4.19. The third-order valence-corrected chi connectivity index (χ3v) is 2.44. The van der Waals surface area contributed by atoms with E-state index in [9.17, 15) is 13.2 Å². The number of alkyl halides is 3. The van der Waals surface area contributed by atoms with Gasteiger partial charge in [0, 0.05) is 6.54 Å². The third-order valence-electron chi connectivity index (χ3n) is 2.44. The Morgan fingerprint density at radius 1 is 1.37 bits per heavy atom. The highest BCUT2D eigenvalue weighted by molar-refractivity contribution is 5.28. The van der Waals surface area contributed by atoms with Crippen molar-refractivity contribution in [2.24, 2.45) is 0 Å². The normalized spacial score (nSPS) is 13.3. The molecule has 0 aliphatic heterocycles. The highest BCUT2D eigenvalue weighted by atomic mass is 19.4. The van der Waals surface area contributed by atoms with E-state index in [1.807, 2.05) is 13.0 Å². The molecule has 108 valence electrons. The zero-order chi connectivity index (χ0) is 14.3. The van der Waals surface area contributed by atoms with Crippen molar-refractivity contribution in [3.63, 3.8) is 0 Å². The number of hydrogen-bond acceptors (Lipinski definition) is 3. The first-order valence-corrected chi connectivity index (χ1v) is 6.10. The van der Waals surface area contributed by atoms with E-state index >= 15 is 0 Å². The van der Waals surface area contributed by atoms with Gasteiger partial charge in [0.25, 0.3) is 0 Å². The molecule has 19 heavy (non-hydrogen) atoms. The van der Waals surface area contributed by atoms with Gasteiger partial charge in [0.15, 0.2) is 6.10 Å². The molecule has 0 aromatic heterocycles. The molecule has 0 spiro atoms. The number of nitrogens with one attached hydrogen (secondary N) is 1.